The van der Waals surface area contributed by atoms with Gasteiger partial charge in [-0.05, 0) is 13.8 Å². The first-order valence-electron chi connectivity index (χ1n) is 5.80. The predicted molar refractivity (Wildman–Crippen MR) is 80.5 cm³/mol. The first-order valence-corrected chi connectivity index (χ1v) is 5.80. The molecule has 0 N–H and O–H groups in total. The Labute approximate surface area is 132 Å². The van der Waals surface area contributed by atoms with E-state index < -0.39 is 0 Å². The number of hydrogen-bond acceptors (Lipinski definition) is 0. The first-order chi connectivity index (χ1) is 7.13. The standard InChI is InChI=1S/C15H19.2CH3.Hf/c1-5-10(2)14-7-6-13-8-11(3)12(4)9-15(13)14;;;/h6-10H,5H2,1-4H3;2*1H3;/q3*-1;. The minimum absolute atomic E-state index is 0. The van der Waals surface area contributed by atoms with Crippen LogP contribution < -0.4 is 0 Å². The fraction of sp³-hybridized carbons (Fsp3) is 0.353. The third-order valence-electron chi connectivity index (χ3n) is 3.56. The fourth-order valence-corrected chi connectivity index (χ4v) is 2.15. The van der Waals surface area contributed by atoms with Crippen molar-refractivity contribution in [3.8, 4) is 0 Å². The minimum Gasteiger partial charge on any atom is -0.358 e. The molecule has 0 nitrogen and oxygen atoms in total. The Kier molecular flexibility index (Phi) is 8.89. The molecule has 1 atom stereocenters. The second-order valence-corrected chi connectivity index (χ2v) is 4.62. The summed E-state index contributed by atoms with van der Waals surface area (Å²) in [6, 6.07) is 9.18. The molecule has 0 fully saturated rings. The summed E-state index contributed by atoms with van der Waals surface area (Å²) < 4.78 is 0. The summed E-state index contributed by atoms with van der Waals surface area (Å²) in [5.41, 5.74) is 4.30. The Morgan fingerprint density at radius 2 is 1.67 bits per heavy atom. The molecule has 0 bridgehead atoms. The second kappa shape index (κ2) is 7.99. The van der Waals surface area contributed by atoms with E-state index in [0.29, 0.717) is 5.92 Å². The molecule has 0 amide bonds. The van der Waals surface area contributed by atoms with Gasteiger partial charge in [0.1, 0.15) is 0 Å². The molecule has 18 heavy (non-hydrogen) atoms. The van der Waals surface area contributed by atoms with Gasteiger partial charge in [-0.25, -0.2) is 0 Å². The van der Waals surface area contributed by atoms with Gasteiger partial charge < -0.3 is 14.9 Å². The molecular weight excluding hydrogens is 383 g/mol. The third-order valence-corrected chi connectivity index (χ3v) is 3.56. The number of hydrogen-bond donors (Lipinski definition) is 0. The van der Waals surface area contributed by atoms with E-state index in [0.717, 1.165) is 0 Å². The Balaban J connectivity index is 0. The molecular formula is C17H25Hf-3. The van der Waals surface area contributed by atoms with E-state index in [9.17, 15) is 0 Å². The van der Waals surface area contributed by atoms with E-state index in [1.807, 2.05) is 0 Å². The topological polar surface area (TPSA) is 0 Å². The quantitative estimate of drug-likeness (QED) is 0.450. The van der Waals surface area contributed by atoms with Crippen LogP contribution in [0.1, 0.15) is 42.9 Å². The van der Waals surface area contributed by atoms with E-state index in [1.54, 1.807) is 0 Å². The maximum atomic E-state index is 2.34. The summed E-state index contributed by atoms with van der Waals surface area (Å²) in [7, 11) is 0. The molecule has 1 heteroatoms. The molecule has 0 heterocycles. The molecule has 0 aliphatic rings. The zero-order chi connectivity index (χ0) is 11.0. The number of rotatable bonds is 2. The van der Waals surface area contributed by atoms with Gasteiger partial charge in [0.05, 0.1) is 0 Å². The average Bonchev–Trinajstić information content (AvgIpc) is 2.61. The molecule has 0 saturated heterocycles. The minimum atomic E-state index is 0. The summed E-state index contributed by atoms with van der Waals surface area (Å²) in [4.78, 5) is 0. The normalized spacial score (nSPS) is 11.1. The number of fused-ring (bicyclic) bond motifs is 1. The summed E-state index contributed by atoms with van der Waals surface area (Å²) in [6.07, 6.45) is 1.21. The molecule has 0 aliphatic heterocycles. The Hall–Kier alpha value is -0.300. The van der Waals surface area contributed by atoms with Crippen LogP contribution in [0.5, 0.6) is 0 Å². The first kappa shape index (κ1) is 20.0. The van der Waals surface area contributed by atoms with Crippen LogP contribution in [0.2, 0.25) is 0 Å². The van der Waals surface area contributed by atoms with Crippen molar-refractivity contribution in [1.29, 1.82) is 0 Å². The second-order valence-electron chi connectivity index (χ2n) is 4.62. The van der Waals surface area contributed by atoms with Crippen LogP contribution in [-0.4, -0.2) is 0 Å². The number of benzene rings is 1. The van der Waals surface area contributed by atoms with Crippen molar-refractivity contribution in [3.63, 3.8) is 0 Å². The van der Waals surface area contributed by atoms with Gasteiger partial charge in [-0.15, -0.1) is 34.5 Å². The van der Waals surface area contributed by atoms with E-state index >= 15 is 0 Å². The molecule has 0 spiro atoms. The summed E-state index contributed by atoms with van der Waals surface area (Å²) in [5, 5.41) is 2.85. The van der Waals surface area contributed by atoms with E-state index in [4.69, 9.17) is 0 Å². The molecule has 100 valence electrons. The predicted octanol–water partition coefficient (Wildman–Crippen LogP) is 5.59. The van der Waals surface area contributed by atoms with Gasteiger partial charge in [-0.3, -0.25) is 0 Å². The molecule has 0 radical (unpaired) electrons. The monoisotopic (exact) mass is 409 g/mol. The van der Waals surface area contributed by atoms with Crippen LogP contribution in [0.3, 0.4) is 0 Å². The van der Waals surface area contributed by atoms with E-state index in [1.165, 1.54) is 33.9 Å². The summed E-state index contributed by atoms with van der Waals surface area (Å²) >= 11 is 0. The van der Waals surface area contributed by atoms with Crippen molar-refractivity contribution < 1.29 is 25.8 Å². The molecule has 0 aliphatic carbocycles. The molecule has 0 aromatic heterocycles. The Morgan fingerprint density at radius 1 is 1.11 bits per heavy atom. The molecule has 0 saturated carbocycles. The van der Waals surface area contributed by atoms with Gasteiger partial charge >= 0.3 is 0 Å². The Bertz CT molecular complexity index is 480. The van der Waals surface area contributed by atoms with Crippen molar-refractivity contribution in [3.05, 3.63) is 55.8 Å². The van der Waals surface area contributed by atoms with Gasteiger partial charge in [0.2, 0.25) is 0 Å². The summed E-state index contributed by atoms with van der Waals surface area (Å²) in [5.74, 6) is 0.671. The fourth-order valence-electron chi connectivity index (χ4n) is 2.15. The van der Waals surface area contributed by atoms with Gasteiger partial charge in [-0.1, -0.05) is 37.3 Å². The number of aryl methyl sites for hydroxylation is 2. The van der Waals surface area contributed by atoms with Crippen LogP contribution >= 0.6 is 0 Å². The van der Waals surface area contributed by atoms with Crippen LogP contribution in [0.25, 0.3) is 10.8 Å². The van der Waals surface area contributed by atoms with Crippen molar-refractivity contribution in [2.45, 2.75) is 40.0 Å². The van der Waals surface area contributed by atoms with E-state index in [2.05, 4.69) is 52.0 Å². The zero-order valence-electron chi connectivity index (χ0n) is 12.6. The van der Waals surface area contributed by atoms with Crippen LogP contribution in [0.15, 0.2) is 24.3 Å². The molecule has 2 aromatic carbocycles. The van der Waals surface area contributed by atoms with Crippen molar-refractivity contribution in [2.24, 2.45) is 0 Å². The zero-order valence-corrected chi connectivity index (χ0v) is 16.2. The van der Waals surface area contributed by atoms with Gasteiger partial charge in [0.25, 0.3) is 0 Å². The van der Waals surface area contributed by atoms with Crippen molar-refractivity contribution in [1.82, 2.24) is 0 Å². The van der Waals surface area contributed by atoms with Crippen LogP contribution in [0.4, 0.5) is 0 Å². The third kappa shape index (κ3) is 3.60. The van der Waals surface area contributed by atoms with Crippen LogP contribution in [-0.2, 0) is 25.8 Å². The van der Waals surface area contributed by atoms with Gasteiger partial charge in [-0.2, -0.15) is 6.07 Å². The molecule has 1 unspecified atom stereocenters. The Morgan fingerprint density at radius 3 is 2.22 bits per heavy atom. The van der Waals surface area contributed by atoms with Gasteiger partial charge in [0, 0.05) is 25.8 Å². The van der Waals surface area contributed by atoms with Gasteiger partial charge in [0.15, 0.2) is 0 Å². The van der Waals surface area contributed by atoms with Crippen LogP contribution in [0, 0.1) is 28.7 Å². The smallest absolute Gasteiger partial charge is 0 e. The maximum Gasteiger partial charge on any atom is 0 e. The largest absolute Gasteiger partial charge is 0.358 e. The molecule has 2 rings (SSSR count). The molecule has 2 aromatic rings. The van der Waals surface area contributed by atoms with Crippen molar-refractivity contribution in [2.75, 3.05) is 0 Å². The maximum absolute atomic E-state index is 2.34. The van der Waals surface area contributed by atoms with E-state index in [-0.39, 0.29) is 40.7 Å². The average molecular weight is 408 g/mol. The SMILES string of the molecule is CCC(C)[c-]1ccc2cc(C)c(C)cc21.[CH3-].[CH3-].[Hf]. The van der Waals surface area contributed by atoms with Crippen molar-refractivity contribution >= 4 is 10.8 Å². The summed E-state index contributed by atoms with van der Waals surface area (Å²) in [6.45, 7) is 8.95.